The van der Waals surface area contributed by atoms with Crippen LogP contribution in [0.2, 0.25) is 5.02 Å². The molecule has 4 nitrogen and oxygen atoms in total. The highest BCUT2D eigenvalue weighted by molar-refractivity contribution is 7.80. The average Bonchev–Trinajstić information content (AvgIpc) is 3.09. The Morgan fingerprint density at radius 3 is 2.41 bits per heavy atom. The van der Waals surface area contributed by atoms with Gasteiger partial charge in [0.25, 0.3) is 0 Å². The van der Waals surface area contributed by atoms with Gasteiger partial charge in [0.15, 0.2) is 5.11 Å². The first-order valence-electron chi connectivity index (χ1n) is 8.48. The minimum absolute atomic E-state index is 0.506. The van der Waals surface area contributed by atoms with Crippen LogP contribution in [0.5, 0.6) is 0 Å². The Hall–Kier alpha value is -2.89. The smallest absolute Gasteiger partial charge is 0.175 e. The van der Waals surface area contributed by atoms with Crippen LogP contribution in [0, 0.1) is 6.92 Å². The van der Waals surface area contributed by atoms with Gasteiger partial charge in [0.05, 0.1) is 11.0 Å². The second kappa shape index (κ2) is 7.39. The van der Waals surface area contributed by atoms with Gasteiger partial charge in [0.2, 0.25) is 0 Å². The summed E-state index contributed by atoms with van der Waals surface area (Å²) in [5, 5.41) is 7.53. The summed E-state index contributed by atoms with van der Waals surface area (Å²) in [5.74, 6) is 0.845. The molecule has 3 N–H and O–H groups in total. The van der Waals surface area contributed by atoms with Crippen molar-refractivity contribution in [2.24, 2.45) is 0 Å². The van der Waals surface area contributed by atoms with Crippen LogP contribution in [0.25, 0.3) is 22.4 Å². The van der Waals surface area contributed by atoms with Crippen LogP contribution in [0.1, 0.15) is 5.56 Å². The van der Waals surface area contributed by atoms with E-state index in [1.807, 2.05) is 73.7 Å². The molecule has 0 aliphatic heterocycles. The maximum atomic E-state index is 6.15. The molecule has 0 aliphatic carbocycles. The minimum Gasteiger partial charge on any atom is -0.338 e. The highest BCUT2D eigenvalue weighted by Crippen LogP contribution is 2.23. The van der Waals surface area contributed by atoms with E-state index in [0.29, 0.717) is 10.1 Å². The molecule has 0 radical (unpaired) electrons. The van der Waals surface area contributed by atoms with Gasteiger partial charge in [-0.1, -0.05) is 29.8 Å². The fourth-order valence-electron chi connectivity index (χ4n) is 2.76. The number of benzene rings is 3. The zero-order chi connectivity index (χ0) is 18.8. The van der Waals surface area contributed by atoms with Crippen molar-refractivity contribution in [1.82, 2.24) is 9.97 Å². The first kappa shape index (κ1) is 17.5. The van der Waals surface area contributed by atoms with Gasteiger partial charge >= 0.3 is 0 Å². The van der Waals surface area contributed by atoms with Gasteiger partial charge in [-0.2, -0.15) is 0 Å². The van der Waals surface area contributed by atoms with E-state index >= 15 is 0 Å². The summed E-state index contributed by atoms with van der Waals surface area (Å²) in [6.45, 7) is 1.96. The van der Waals surface area contributed by atoms with Crippen LogP contribution in [-0.4, -0.2) is 15.1 Å². The number of aromatic amines is 1. The van der Waals surface area contributed by atoms with Gasteiger partial charge < -0.3 is 15.6 Å². The molecule has 6 heteroatoms. The monoisotopic (exact) mass is 392 g/mol. The van der Waals surface area contributed by atoms with Crippen molar-refractivity contribution >= 4 is 51.3 Å². The Bertz CT molecular complexity index is 1090. The molecule has 0 unspecified atom stereocenters. The van der Waals surface area contributed by atoms with Gasteiger partial charge in [0, 0.05) is 22.0 Å². The number of nitrogens with one attached hydrogen (secondary N) is 3. The number of thiocarbonyl (C=S) groups is 1. The van der Waals surface area contributed by atoms with Crippen molar-refractivity contribution in [1.29, 1.82) is 0 Å². The van der Waals surface area contributed by atoms with Crippen molar-refractivity contribution < 1.29 is 0 Å². The van der Waals surface area contributed by atoms with E-state index in [2.05, 4.69) is 20.6 Å². The van der Waals surface area contributed by atoms with Crippen LogP contribution in [0.4, 0.5) is 11.4 Å². The number of imidazole rings is 1. The Morgan fingerprint density at radius 1 is 0.963 bits per heavy atom. The maximum absolute atomic E-state index is 6.15. The molecule has 1 aromatic heterocycles. The Balaban J connectivity index is 1.45. The molecule has 27 heavy (non-hydrogen) atoms. The molecule has 4 aromatic rings. The number of hydrogen-bond acceptors (Lipinski definition) is 2. The second-order valence-electron chi connectivity index (χ2n) is 6.22. The van der Waals surface area contributed by atoms with Crippen LogP contribution < -0.4 is 10.6 Å². The van der Waals surface area contributed by atoms with Crippen LogP contribution >= 0.6 is 23.8 Å². The van der Waals surface area contributed by atoms with E-state index in [4.69, 9.17) is 23.8 Å². The molecule has 0 spiro atoms. The number of aryl methyl sites for hydroxylation is 1. The summed E-state index contributed by atoms with van der Waals surface area (Å²) in [7, 11) is 0. The summed E-state index contributed by atoms with van der Waals surface area (Å²) in [6, 6.07) is 21.7. The quantitative estimate of drug-likeness (QED) is 0.374. The van der Waals surface area contributed by atoms with E-state index in [9.17, 15) is 0 Å². The topological polar surface area (TPSA) is 52.7 Å². The highest BCUT2D eigenvalue weighted by Gasteiger charge is 2.06. The predicted molar refractivity (Wildman–Crippen MR) is 118 cm³/mol. The van der Waals surface area contributed by atoms with E-state index in [0.717, 1.165) is 39.4 Å². The minimum atomic E-state index is 0.506. The number of aromatic nitrogens is 2. The maximum Gasteiger partial charge on any atom is 0.175 e. The summed E-state index contributed by atoms with van der Waals surface area (Å²) >= 11 is 11.5. The molecule has 0 saturated carbocycles. The Labute approximate surface area is 167 Å². The van der Waals surface area contributed by atoms with Crippen LogP contribution in [0.3, 0.4) is 0 Å². The van der Waals surface area contributed by atoms with Crippen molar-refractivity contribution in [3.05, 3.63) is 77.3 Å². The molecule has 0 bridgehead atoms. The molecule has 134 valence electrons. The molecule has 0 saturated heterocycles. The number of H-pyrrole nitrogens is 1. The third-order valence-corrected chi connectivity index (χ3v) is 4.85. The number of rotatable bonds is 3. The van der Waals surface area contributed by atoms with E-state index < -0.39 is 0 Å². The number of nitrogens with zero attached hydrogens (tertiary/aromatic N) is 1. The normalized spacial score (nSPS) is 10.7. The SMILES string of the molecule is Cc1ccc(NC(=S)Nc2ccc(-c3nc4ccccc4[nH]3)cc2)cc1Cl. The molecule has 0 fully saturated rings. The Kier molecular flexibility index (Phi) is 4.79. The van der Waals surface area contributed by atoms with Crippen LogP contribution in [0.15, 0.2) is 66.7 Å². The zero-order valence-corrected chi connectivity index (χ0v) is 16.2. The van der Waals surface area contributed by atoms with Crippen molar-refractivity contribution in [3.63, 3.8) is 0 Å². The molecule has 4 rings (SSSR count). The lowest BCUT2D eigenvalue weighted by Crippen LogP contribution is -2.19. The van der Waals surface area contributed by atoms with Crippen LogP contribution in [-0.2, 0) is 0 Å². The van der Waals surface area contributed by atoms with E-state index in [1.165, 1.54) is 0 Å². The lowest BCUT2D eigenvalue weighted by Gasteiger charge is -2.11. The lowest BCUT2D eigenvalue weighted by atomic mass is 10.2. The van der Waals surface area contributed by atoms with Crippen molar-refractivity contribution in [2.75, 3.05) is 10.6 Å². The standard InChI is InChI=1S/C21H17ClN4S/c1-13-6-9-16(12-17(13)22)24-21(27)23-15-10-7-14(8-11-15)20-25-18-4-2-3-5-19(18)26-20/h2-12H,1H3,(H,25,26)(H2,23,24,27). The summed E-state index contributed by atoms with van der Waals surface area (Å²) in [4.78, 5) is 7.95. The van der Waals surface area contributed by atoms with Gasteiger partial charge in [-0.3, -0.25) is 0 Å². The molecule has 1 heterocycles. The average molecular weight is 393 g/mol. The largest absolute Gasteiger partial charge is 0.338 e. The number of anilines is 2. The summed E-state index contributed by atoms with van der Waals surface area (Å²) in [5.41, 5.74) is 5.77. The summed E-state index contributed by atoms with van der Waals surface area (Å²) < 4.78 is 0. The third kappa shape index (κ3) is 3.94. The fourth-order valence-corrected chi connectivity index (χ4v) is 3.18. The molecule has 0 atom stereocenters. The van der Waals surface area contributed by atoms with E-state index in [-0.39, 0.29) is 0 Å². The third-order valence-electron chi connectivity index (χ3n) is 4.24. The highest BCUT2D eigenvalue weighted by atomic mass is 35.5. The number of halogens is 1. The van der Waals surface area contributed by atoms with Gasteiger partial charge in [-0.05, 0) is 73.2 Å². The fraction of sp³-hybridized carbons (Fsp3) is 0.0476. The van der Waals surface area contributed by atoms with Gasteiger partial charge in [0.1, 0.15) is 5.82 Å². The molecule has 3 aromatic carbocycles. The molecular formula is C21H17ClN4S. The predicted octanol–water partition coefficient (Wildman–Crippen LogP) is 6.00. The second-order valence-corrected chi connectivity index (χ2v) is 7.04. The molecular weight excluding hydrogens is 376 g/mol. The van der Waals surface area contributed by atoms with Gasteiger partial charge in [-0.15, -0.1) is 0 Å². The zero-order valence-electron chi connectivity index (χ0n) is 14.6. The van der Waals surface area contributed by atoms with Crippen molar-refractivity contribution in [2.45, 2.75) is 6.92 Å². The van der Waals surface area contributed by atoms with Gasteiger partial charge in [-0.25, -0.2) is 4.98 Å². The number of para-hydroxylation sites is 2. The number of fused-ring (bicyclic) bond motifs is 1. The lowest BCUT2D eigenvalue weighted by molar-refractivity contribution is 1.34. The molecule has 0 amide bonds. The first-order chi connectivity index (χ1) is 13.1. The molecule has 0 aliphatic rings. The number of hydrogen-bond donors (Lipinski definition) is 3. The Morgan fingerprint density at radius 2 is 1.67 bits per heavy atom. The summed E-state index contributed by atoms with van der Waals surface area (Å²) in [6.07, 6.45) is 0. The van der Waals surface area contributed by atoms with E-state index in [1.54, 1.807) is 0 Å². The van der Waals surface area contributed by atoms with Crippen molar-refractivity contribution in [3.8, 4) is 11.4 Å². The first-order valence-corrected chi connectivity index (χ1v) is 9.26.